The molecule has 0 bridgehead atoms. The lowest BCUT2D eigenvalue weighted by Crippen LogP contribution is -2.39. The first-order valence-electron chi connectivity index (χ1n) is 9.70. The number of rotatable bonds is 8. The Morgan fingerprint density at radius 2 is 1.78 bits per heavy atom. The van der Waals surface area contributed by atoms with Crippen LogP contribution >= 0.6 is 0 Å². The predicted octanol–water partition coefficient (Wildman–Crippen LogP) is 4.26. The molecule has 1 amide bonds. The fraction of sp³-hybridized carbons (Fsp3) is 0.435. The van der Waals surface area contributed by atoms with Gasteiger partial charge in [0.15, 0.2) is 0 Å². The van der Waals surface area contributed by atoms with Gasteiger partial charge in [0, 0.05) is 18.4 Å². The van der Waals surface area contributed by atoms with Gasteiger partial charge < -0.3 is 14.8 Å². The molecular weight excluding hydrogens is 338 g/mol. The monoisotopic (exact) mass is 367 g/mol. The molecule has 0 aromatic heterocycles. The van der Waals surface area contributed by atoms with Gasteiger partial charge in [0.1, 0.15) is 11.5 Å². The standard InChI is InChI=1S/C23H29NO3/c1-26-20-11-12-21(27-2)18(16-20)10-13-22(25)24-17-23(14-6-7-15-23)19-8-4-3-5-9-19/h3-5,8-9,11-12,16H,6-7,10,13-15,17H2,1-2H3,(H,24,25). The third kappa shape index (κ3) is 4.62. The Hall–Kier alpha value is -2.49. The van der Waals surface area contributed by atoms with E-state index in [1.54, 1.807) is 14.2 Å². The maximum absolute atomic E-state index is 12.5. The number of carbonyl (C=O) groups excluding carboxylic acids is 1. The summed E-state index contributed by atoms with van der Waals surface area (Å²) in [6, 6.07) is 16.3. The topological polar surface area (TPSA) is 47.6 Å². The number of ether oxygens (including phenoxy) is 2. The van der Waals surface area contributed by atoms with E-state index in [2.05, 4.69) is 29.6 Å². The summed E-state index contributed by atoms with van der Waals surface area (Å²) in [4.78, 5) is 12.5. The van der Waals surface area contributed by atoms with Crippen molar-refractivity contribution in [3.05, 3.63) is 59.7 Å². The molecular formula is C23H29NO3. The molecule has 1 fully saturated rings. The second-order valence-electron chi connectivity index (χ2n) is 7.31. The number of aryl methyl sites for hydroxylation is 1. The number of methoxy groups -OCH3 is 2. The first kappa shape index (κ1) is 19.3. The van der Waals surface area contributed by atoms with Crippen LogP contribution in [0, 0.1) is 0 Å². The summed E-state index contributed by atoms with van der Waals surface area (Å²) in [5.74, 6) is 1.66. The molecule has 0 heterocycles. The number of carbonyl (C=O) groups is 1. The van der Waals surface area contributed by atoms with Gasteiger partial charge in [-0.3, -0.25) is 4.79 Å². The van der Waals surface area contributed by atoms with Gasteiger partial charge in [0.25, 0.3) is 0 Å². The summed E-state index contributed by atoms with van der Waals surface area (Å²) in [6.45, 7) is 0.713. The van der Waals surface area contributed by atoms with Gasteiger partial charge in [-0.1, -0.05) is 43.2 Å². The van der Waals surface area contributed by atoms with Crippen molar-refractivity contribution < 1.29 is 14.3 Å². The van der Waals surface area contributed by atoms with Crippen LogP contribution in [0.25, 0.3) is 0 Å². The number of hydrogen-bond acceptors (Lipinski definition) is 3. The van der Waals surface area contributed by atoms with Gasteiger partial charge in [0.2, 0.25) is 5.91 Å². The van der Waals surface area contributed by atoms with E-state index in [4.69, 9.17) is 9.47 Å². The third-order valence-electron chi connectivity index (χ3n) is 5.68. The van der Waals surface area contributed by atoms with Crippen molar-refractivity contribution in [1.29, 1.82) is 0 Å². The molecule has 0 radical (unpaired) electrons. The van der Waals surface area contributed by atoms with Gasteiger partial charge in [-0.15, -0.1) is 0 Å². The van der Waals surface area contributed by atoms with Crippen LogP contribution in [0.5, 0.6) is 11.5 Å². The van der Waals surface area contributed by atoms with Crippen molar-refractivity contribution in [3.63, 3.8) is 0 Å². The highest BCUT2D eigenvalue weighted by molar-refractivity contribution is 5.76. The summed E-state index contributed by atoms with van der Waals surface area (Å²) < 4.78 is 10.7. The van der Waals surface area contributed by atoms with E-state index in [1.165, 1.54) is 18.4 Å². The Labute approximate surface area is 161 Å². The molecule has 0 spiro atoms. The number of benzene rings is 2. The normalized spacial score (nSPS) is 15.3. The van der Waals surface area contributed by atoms with Gasteiger partial charge in [0.05, 0.1) is 14.2 Å². The Kier molecular flexibility index (Phi) is 6.38. The van der Waals surface area contributed by atoms with Crippen LogP contribution in [-0.4, -0.2) is 26.7 Å². The highest BCUT2D eigenvalue weighted by Crippen LogP contribution is 2.40. The molecule has 144 valence electrons. The zero-order valence-electron chi connectivity index (χ0n) is 16.3. The summed E-state index contributed by atoms with van der Waals surface area (Å²) >= 11 is 0. The van der Waals surface area contributed by atoms with Crippen molar-refractivity contribution in [3.8, 4) is 11.5 Å². The van der Waals surface area contributed by atoms with Gasteiger partial charge in [-0.25, -0.2) is 0 Å². The van der Waals surface area contributed by atoms with E-state index in [9.17, 15) is 4.79 Å². The average Bonchev–Trinajstić information content (AvgIpc) is 3.21. The minimum Gasteiger partial charge on any atom is -0.497 e. The van der Waals surface area contributed by atoms with Crippen LogP contribution < -0.4 is 14.8 Å². The second kappa shape index (κ2) is 8.94. The lowest BCUT2D eigenvalue weighted by molar-refractivity contribution is -0.121. The quantitative estimate of drug-likeness (QED) is 0.758. The first-order valence-corrected chi connectivity index (χ1v) is 9.70. The molecule has 0 atom stereocenters. The lowest BCUT2D eigenvalue weighted by Gasteiger charge is -2.30. The smallest absolute Gasteiger partial charge is 0.220 e. The van der Waals surface area contributed by atoms with Crippen LogP contribution in [0.1, 0.15) is 43.2 Å². The first-order chi connectivity index (χ1) is 13.2. The molecule has 1 aliphatic carbocycles. The van der Waals surface area contributed by atoms with Crippen LogP contribution in [0.15, 0.2) is 48.5 Å². The van der Waals surface area contributed by atoms with Crippen LogP contribution in [0.2, 0.25) is 0 Å². The number of amides is 1. The van der Waals surface area contributed by atoms with Crippen molar-refractivity contribution in [2.75, 3.05) is 20.8 Å². The van der Waals surface area contributed by atoms with Crippen molar-refractivity contribution in [2.24, 2.45) is 0 Å². The van der Waals surface area contributed by atoms with E-state index in [1.807, 2.05) is 24.3 Å². The van der Waals surface area contributed by atoms with Crippen LogP contribution in [0.4, 0.5) is 0 Å². The van der Waals surface area contributed by atoms with E-state index in [-0.39, 0.29) is 11.3 Å². The molecule has 27 heavy (non-hydrogen) atoms. The molecule has 0 saturated heterocycles. The highest BCUT2D eigenvalue weighted by Gasteiger charge is 2.35. The van der Waals surface area contributed by atoms with Crippen molar-refractivity contribution in [2.45, 2.75) is 43.9 Å². The summed E-state index contributed by atoms with van der Waals surface area (Å²) in [5.41, 5.74) is 2.42. The Balaban J connectivity index is 1.60. The molecule has 1 saturated carbocycles. The third-order valence-corrected chi connectivity index (χ3v) is 5.68. The molecule has 0 aliphatic heterocycles. The van der Waals surface area contributed by atoms with Gasteiger partial charge in [-0.05, 0) is 48.6 Å². The Bertz CT molecular complexity index is 751. The zero-order chi connectivity index (χ0) is 19.1. The van der Waals surface area contributed by atoms with E-state index in [0.29, 0.717) is 19.4 Å². The molecule has 3 rings (SSSR count). The van der Waals surface area contributed by atoms with Crippen molar-refractivity contribution >= 4 is 5.91 Å². The fourth-order valence-corrected chi connectivity index (χ4v) is 4.09. The van der Waals surface area contributed by atoms with Gasteiger partial charge >= 0.3 is 0 Å². The average molecular weight is 367 g/mol. The molecule has 0 unspecified atom stereocenters. The Morgan fingerprint density at radius 1 is 1.04 bits per heavy atom. The van der Waals surface area contributed by atoms with E-state index in [0.717, 1.165) is 29.9 Å². The van der Waals surface area contributed by atoms with E-state index >= 15 is 0 Å². The summed E-state index contributed by atoms with van der Waals surface area (Å²) in [6.07, 6.45) is 5.80. The minimum absolute atomic E-state index is 0.0853. The van der Waals surface area contributed by atoms with Crippen LogP contribution in [-0.2, 0) is 16.6 Å². The largest absolute Gasteiger partial charge is 0.497 e. The maximum atomic E-state index is 12.5. The summed E-state index contributed by atoms with van der Waals surface area (Å²) in [5, 5.41) is 3.19. The van der Waals surface area contributed by atoms with Crippen LogP contribution in [0.3, 0.4) is 0 Å². The number of nitrogens with one attached hydrogen (secondary N) is 1. The molecule has 1 N–H and O–H groups in total. The van der Waals surface area contributed by atoms with Crippen molar-refractivity contribution in [1.82, 2.24) is 5.32 Å². The number of hydrogen-bond donors (Lipinski definition) is 1. The van der Waals surface area contributed by atoms with Gasteiger partial charge in [-0.2, -0.15) is 0 Å². The molecule has 2 aromatic carbocycles. The second-order valence-corrected chi connectivity index (χ2v) is 7.31. The highest BCUT2D eigenvalue weighted by atomic mass is 16.5. The van der Waals surface area contributed by atoms with E-state index < -0.39 is 0 Å². The lowest BCUT2D eigenvalue weighted by atomic mass is 9.79. The molecule has 1 aliphatic rings. The maximum Gasteiger partial charge on any atom is 0.220 e. The Morgan fingerprint density at radius 3 is 2.44 bits per heavy atom. The molecule has 4 heteroatoms. The molecule has 2 aromatic rings. The fourth-order valence-electron chi connectivity index (χ4n) is 4.09. The SMILES string of the molecule is COc1ccc(OC)c(CCC(=O)NCC2(c3ccccc3)CCCC2)c1. The zero-order valence-corrected chi connectivity index (χ0v) is 16.3. The minimum atomic E-state index is 0.0853. The predicted molar refractivity (Wildman–Crippen MR) is 107 cm³/mol. The molecule has 4 nitrogen and oxygen atoms in total. The summed E-state index contributed by atoms with van der Waals surface area (Å²) in [7, 11) is 3.29.